The van der Waals surface area contributed by atoms with E-state index in [4.69, 9.17) is 4.74 Å². The molecule has 1 atom stereocenters. The second-order valence-electron chi connectivity index (χ2n) is 6.35. The number of benzene rings is 1. The van der Waals surface area contributed by atoms with E-state index in [-0.39, 0.29) is 11.8 Å². The smallest absolute Gasteiger partial charge is 0.229 e. The Morgan fingerprint density at radius 1 is 1.25 bits per heavy atom. The Bertz CT molecular complexity index is 695. The van der Waals surface area contributed by atoms with Crippen LogP contribution in [0.4, 0.5) is 0 Å². The van der Waals surface area contributed by atoms with Gasteiger partial charge in [0.1, 0.15) is 24.5 Å². The Hall–Kier alpha value is -2.41. The summed E-state index contributed by atoms with van der Waals surface area (Å²) in [5, 5.41) is 6.75. The molecule has 1 fully saturated rings. The van der Waals surface area contributed by atoms with Gasteiger partial charge in [0, 0.05) is 26.2 Å². The molecule has 2 aliphatic rings. The summed E-state index contributed by atoms with van der Waals surface area (Å²) in [6, 6.07) is 7.98. The van der Waals surface area contributed by atoms with Gasteiger partial charge in [0.15, 0.2) is 0 Å². The number of fused-ring (bicyclic) bond motifs is 1. The summed E-state index contributed by atoms with van der Waals surface area (Å²) < 4.78 is 5.76. The van der Waals surface area contributed by atoms with E-state index in [9.17, 15) is 4.79 Å². The van der Waals surface area contributed by atoms with Crippen molar-refractivity contribution in [3.63, 3.8) is 0 Å². The second-order valence-corrected chi connectivity index (χ2v) is 6.35. The van der Waals surface area contributed by atoms with Crippen molar-refractivity contribution in [1.29, 1.82) is 0 Å². The first-order chi connectivity index (χ1) is 11.8. The molecule has 0 aliphatic carbocycles. The predicted molar refractivity (Wildman–Crippen MR) is 87.4 cm³/mol. The molecule has 7 heteroatoms. The van der Waals surface area contributed by atoms with Crippen molar-refractivity contribution in [2.75, 3.05) is 32.8 Å². The fraction of sp³-hybridized carbons (Fsp3) is 0.471. The molecule has 0 unspecified atom stereocenters. The number of ether oxygens (including phenoxy) is 1. The van der Waals surface area contributed by atoms with Gasteiger partial charge in [-0.15, -0.1) is 0 Å². The molecule has 0 saturated carbocycles. The summed E-state index contributed by atoms with van der Waals surface area (Å²) in [6.07, 6.45) is 2.29. The van der Waals surface area contributed by atoms with Crippen LogP contribution in [-0.2, 0) is 17.8 Å². The second kappa shape index (κ2) is 6.60. The molecule has 2 aliphatic heterocycles. The third-order valence-corrected chi connectivity index (χ3v) is 4.75. The number of carbonyl (C=O) groups excluding carboxylic acids is 1. The third kappa shape index (κ3) is 3.12. The molecule has 0 spiro atoms. The molecule has 1 saturated heterocycles. The first-order valence-electron chi connectivity index (χ1n) is 8.35. The predicted octanol–water partition coefficient (Wildman–Crippen LogP) is 0.700. The molecule has 7 nitrogen and oxygen atoms in total. The average molecular weight is 327 g/mol. The Morgan fingerprint density at radius 3 is 2.88 bits per heavy atom. The van der Waals surface area contributed by atoms with Gasteiger partial charge in [-0.25, -0.2) is 4.98 Å². The van der Waals surface area contributed by atoms with E-state index in [0.29, 0.717) is 6.61 Å². The number of aromatic amines is 1. The molecular formula is C17H21N5O2. The first-order valence-corrected chi connectivity index (χ1v) is 8.35. The molecule has 1 amide bonds. The largest absolute Gasteiger partial charge is 0.492 e. The minimum Gasteiger partial charge on any atom is -0.492 e. The zero-order chi connectivity index (χ0) is 16.4. The number of para-hydroxylation sites is 1. The van der Waals surface area contributed by atoms with Crippen LogP contribution in [0.3, 0.4) is 0 Å². The number of H-pyrrole nitrogens is 1. The van der Waals surface area contributed by atoms with E-state index in [1.54, 1.807) is 0 Å². The van der Waals surface area contributed by atoms with Gasteiger partial charge in [-0.1, -0.05) is 18.2 Å². The summed E-state index contributed by atoms with van der Waals surface area (Å²) >= 11 is 0. The summed E-state index contributed by atoms with van der Waals surface area (Å²) in [5.74, 6) is 1.93. The van der Waals surface area contributed by atoms with E-state index in [2.05, 4.69) is 20.1 Å². The fourth-order valence-electron chi connectivity index (χ4n) is 3.39. The summed E-state index contributed by atoms with van der Waals surface area (Å²) in [4.78, 5) is 21.2. The zero-order valence-corrected chi connectivity index (χ0v) is 13.5. The Labute approximate surface area is 140 Å². The number of hydrogen-bond donors (Lipinski definition) is 1. The normalized spacial score (nSPS) is 21.2. The molecule has 1 N–H and O–H groups in total. The highest BCUT2D eigenvalue weighted by Crippen LogP contribution is 2.27. The minimum absolute atomic E-state index is 0.0688. The Kier molecular flexibility index (Phi) is 4.17. The van der Waals surface area contributed by atoms with Gasteiger partial charge in [-0.05, 0) is 18.1 Å². The van der Waals surface area contributed by atoms with Crippen LogP contribution in [0.2, 0.25) is 0 Å². The first kappa shape index (κ1) is 15.1. The summed E-state index contributed by atoms with van der Waals surface area (Å²) in [5.41, 5.74) is 1.13. The average Bonchev–Trinajstić information content (AvgIpc) is 3.14. The molecule has 0 radical (unpaired) electrons. The standard InChI is InChI=1S/C17H21N5O2/c23-17(14-9-13-3-1-2-4-15(13)24-11-14)22-7-5-21(6-8-22)10-16-18-12-19-20-16/h1-4,12,14H,5-11H2,(H,18,19,20)/t14-/m0/s1. The lowest BCUT2D eigenvalue weighted by atomic mass is 9.95. The van der Waals surface area contributed by atoms with Crippen LogP contribution in [-0.4, -0.2) is 63.7 Å². The lowest BCUT2D eigenvalue weighted by Crippen LogP contribution is -2.51. The number of rotatable bonds is 3. The van der Waals surface area contributed by atoms with E-state index in [1.165, 1.54) is 6.33 Å². The van der Waals surface area contributed by atoms with Crippen LogP contribution in [0.15, 0.2) is 30.6 Å². The molecular weight excluding hydrogens is 306 g/mol. The number of hydrogen-bond acceptors (Lipinski definition) is 5. The highest BCUT2D eigenvalue weighted by Gasteiger charge is 2.31. The molecule has 4 rings (SSSR count). The van der Waals surface area contributed by atoms with Crippen LogP contribution in [0.5, 0.6) is 5.75 Å². The number of amides is 1. The van der Waals surface area contributed by atoms with E-state index in [0.717, 1.165) is 56.3 Å². The third-order valence-electron chi connectivity index (χ3n) is 4.75. The van der Waals surface area contributed by atoms with Gasteiger partial charge < -0.3 is 9.64 Å². The zero-order valence-electron chi connectivity index (χ0n) is 13.5. The van der Waals surface area contributed by atoms with Crippen LogP contribution in [0.1, 0.15) is 11.4 Å². The Morgan fingerprint density at radius 2 is 2.08 bits per heavy atom. The highest BCUT2D eigenvalue weighted by molar-refractivity contribution is 5.80. The van der Waals surface area contributed by atoms with Crippen LogP contribution in [0.25, 0.3) is 0 Å². The van der Waals surface area contributed by atoms with Crippen molar-refractivity contribution < 1.29 is 9.53 Å². The van der Waals surface area contributed by atoms with Gasteiger partial charge in [-0.2, -0.15) is 5.10 Å². The van der Waals surface area contributed by atoms with Gasteiger partial charge >= 0.3 is 0 Å². The number of nitrogens with one attached hydrogen (secondary N) is 1. The number of nitrogens with zero attached hydrogens (tertiary/aromatic N) is 4. The SMILES string of the molecule is O=C([C@@H]1COc2ccccc2C1)N1CCN(Cc2ncn[nH]2)CC1. The maximum absolute atomic E-state index is 12.8. The summed E-state index contributed by atoms with van der Waals surface area (Å²) in [7, 11) is 0. The summed E-state index contributed by atoms with van der Waals surface area (Å²) in [6.45, 7) is 4.46. The van der Waals surface area contributed by atoms with E-state index in [1.807, 2.05) is 29.2 Å². The van der Waals surface area contributed by atoms with Crippen LogP contribution >= 0.6 is 0 Å². The van der Waals surface area contributed by atoms with Crippen LogP contribution in [0, 0.1) is 5.92 Å². The van der Waals surface area contributed by atoms with E-state index < -0.39 is 0 Å². The topological polar surface area (TPSA) is 74.3 Å². The lowest BCUT2D eigenvalue weighted by molar-refractivity contribution is -0.138. The van der Waals surface area contributed by atoms with Crippen molar-refractivity contribution in [3.8, 4) is 5.75 Å². The maximum atomic E-state index is 12.8. The van der Waals surface area contributed by atoms with Gasteiger partial charge in [0.25, 0.3) is 0 Å². The molecule has 0 bridgehead atoms. The molecule has 2 aromatic rings. The van der Waals surface area contributed by atoms with Crippen molar-refractivity contribution in [1.82, 2.24) is 25.0 Å². The number of aromatic nitrogens is 3. The Balaban J connectivity index is 1.32. The lowest BCUT2D eigenvalue weighted by Gasteiger charge is -2.37. The van der Waals surface area contributed by atoms with Crippen LogP contribution < -0.4 is 4.74 Å². The van der Waals surface area contributed by atoms with Crippen molar-refractivity contribution >= 4 is 5.91 Å². The quantitative estimate of drug-likeness (QED) is 0.898. The van der Waals surface area contributed by atoms with Crippen molar-refractivity contribution in [2.24, 2.45) is 5.92 Å². The van der Waals surface area contributed by atoms with E-state index >= 15 is 0 Å². The molecule has 1 aromatic heterocycles. The van der Waals surface area contributed by atoms with Gasteiger partial charge in [0.05, 0.1) is 12.5 Å². The number of piperazine rings is 1. The van der Waals surface area contributed by atoms with Gasteiger partial charge in [0.2, 0.25) is 5.91 Å². The molecule has 1 aromatic carbocycles. The molecule has 126 valence electrons. The maximum Gasteiger partial charge on any atom is 0.229 e. The molecule has 3 heterocycles. The highest BCUT2D eigenvalue weighted by atomic mass is 16.5. The fourth-order valence-corrected chi connectivity index (χ4v) is 3.39. The molecule has 24 heavy (non-hydrogen) atoms. The minimum atomic E-state index is -0.0688. The number of carbonyl (C=O) groups is 1. The monoisotopic (exact) mass is 327 g/mol. The van der Waals surface area contributed by atoms with Crippen molar-refractivity contribution in [3.05, 3.63) is 42.0 Å². The van der Waals surface area contributed by atoms with Crippen molar-refractivity contribution in [2.45, 2.75) is 13.0 Å². The van der Waals surface area contributed by atoms with Gasteiger partial charge in [-0.3, -0.25) is 14.8 Å².